The number of rotatable bonds is 9. The molecular weight excluding hydrogens is 540 g/mol. The van der Waals surface area contributed by atoms with Crippen LogP contribution in [-0.4, -0.2) is 34.0 Å². The number of fused-ring (bicyclic) bond motifs is 1. The maximum atomic E-state index is 13.7. The van der Waals surface area contributed by atoms with Crippen molar-refractivity contribution in [2.45, 2.75) is 19.5 Å². The monoisotopic (exact) mass is 566 g/mol. The molecule has 0 fully saturated rings. The lowest BCUT2D eigenvalue weighted by Crippen LogP contribution is -2.40. The van der Waals surface area contributed by atoms with Crippen LogP contribution in [0, 0.1) is 0 Å². The summed E-state index contributed by atoms with van der Waals surface area (Å²) in [4.78, 5) is 64.6. The van der Waals surface area contributed by atoms with Gasteiger partial charge in [0.2, 0.25) is 11.8 Å². The molecule has 0 atom stereocenters. The van der Waals surface area contributed by atoms with Crippen molar-refractivity contribution in [3.05, 3.63) is 129 Å². The number of benzene rings is 3. The van der Waals surface area contributed by atoms with Crippen molar-refractivity contribution in [3.8, 4) is 5.69 Å². The molecule has 0 unspecified atom stereocenters. The maximum Gasteiger partial charge on any atom is 0.339 e. The third-order valence-electron chi connectivity index (χ3n) is 6.56. The Kier molecular flexibility index (Phi) is 8.10. The van der Waals surface area contributed by atoms with E-state index >= 15 is 0 Å². The molecule has 0 saturated heterocycles. The van der Waals surface area contributed by atoms with Crippen LogP contribution in [0.1, 0.15) is 21.7 Å². The van der Waals surface area contributed by atoms with E-state index in [0.717, 1.165) is 4.57 Å². The highest BCUT2D eigenvalue weighted by molar-refractivity contribution is 6.01. The van der Waals surface area contributed by atoms with E-state index in [2.05, 4.69) is 10.6 Å². The van der Waals surface area contributed by atoms with Crippen LogP contribution in [0.3, 0.4) is 0 Å². The first-order chi connectivity index (χ1) is 20.4. The van der Waals surface area contributed by atoms with Gasteiger partial charge in [-0.3, -0.25) is 19.0 Å². The van der Waals surface area contributed by atoms with Crippen molar-refractivity contribution in [3.63, 3.8) is 0 Å². The van der Waals surface area contributed by atoms with Gasteiger partial charge in [-0.1, -0.05) is 36.4 Å². The molecule has 0 aliphatic rings. The highest BCUT2D eigenvalue weighted by Crippen LogP contribution is 2.17. The number of para-hydroxylation sites is 2. The first kappa shape index (κ1) is 27.8. The smallest absolute Gasteiger partial charge is 0.339 e. The third kappa shape index (κ3) is 5.89. The van der Waals surface area contributed by atoms with E-state index in [1.54, 1.807) is 78.9 Å². The number of carbonyl (C=O) groups is 3. The van der Waals surface area contributed by atoms with E-state index in [4.69, 9.17) is 9.15 Å². The van der Waals surface area contributed by atoms with Crippen molar-refractivity contribution in [2.24, 2.45) is 0 Å². The van der Waals surface area contributed by atoms with Gasteiger partial charge in [-0.2, -0.15) is 0 Å². The lowest BCUT2D eigenvalue weighted by atomic mass is 10.1. The molecule has 212 valence electrons. The number of amides is 2. The van der Waals surface area contributed by atoms with Gasteiger partial charge < -0.3 is 19.8 Å². The van der Waals surface area contributed by atoms with E-state index in [0.29, 0.717) is 11.3 Å². The summed E-state index contributed by atoms with van der Waals surface area (Å²) in [5.74, 6) is -0.795. The normalized spacial score (nSPS) is 10.8. The average Bonchev–Trinajstić information content (AvgIpc) is 3.53. The highest BCUT2D eigenvalue weighted by atomic mass is 16.5. The van der Waals surface area contributed by atoms with E-state index in [-0.39, 0.29) is 46.7 Å². The molecular formula is C31H26N4O7. The Morgan fingerprint density at radius 1 is 0.857 bits per heavy atom. The largest absolute Gasteiger partial charge is 0.467 e. The molecule has 3 aromatic carbocycles. The number of esters is 1. The summed E-state index contributed by atoms with van der Waals surface area (Å²) in [7, 11) is 1.24. The number of hydrogen-bond donors (Lipinski definition) is 2. The number of furan rings is 1. The van der Waals surface area contributed by atoms with Gasteiger partial charge in [0.25, 0.3) is 5.56 Å². The van der Waals surface area contributed by atoms with Crippen LogP contribution in [-0.2, 0) is 33.8 Å². The van der Waals surface area contributed by atoms with Crippen LogP contribution < -0.4 is 21.9 Å². The van der Waals surface area contributed by atoms with Gasteiger partial charge in [0.15, 0.2) is 0 Å². The molecule has 11 nitrogen and oxygen atoms in total. The van der Waals surface area contributed by atoms with Gasteiger partial charge in [0.05, 0.1) is 54.2 Å². The number of anilines is 1. The molecule has 0 aliphatic heterocycles. The quantitative estimate of drug-likeness (QED) is 0.261. The fraction of sp³-hybridized carbons (Fsp3) is 0.129. The van der Waals surface area contributed by atoms with E-state index < -0.39 is 29.7 Å². The van der Waals surface area contributed by atoms with Crippen molar-refractivity contribution in [1.29, 1.82) is 0 Å². The molecule has 2 aromatic heterocycles. The molecule has 0 bridgehead atoms. The minimum Gasteiger partial charge on any atom is -0.467 e. The second kappa shape index (κ2) is 12.2. The average molecular weight is 567 g/mol. The standard InChI is InChI=1S/C31H26N4O7/c1-41-30(39)23-8-2-4-10-25(23)33-28(37)19-34-26-11-5-3-9-24(26)29(38)35(31(34)40)21-14-12-20(13-15-21)17-27(36)32-18-22-7-6-16-42-22/h2-16H,17-19H2,1H3,(H,32,36)(H,33,37). The SMILES string of the molecule is COC(=O)c1ccccc1NC(=O)Cn1c(=O)n(-c2ccc(CC(=O)NCc3ccco3)cc2)c(=O)c2ccccc21. The van der Waals surface area contributed by atoms with Crippen molar-refractivity contribution in [1.82, 2.24) is 14.5 Å². The summed E-state index contributed by atoms with van der Waals surface area (Å²) in [6.07, 6.45) is 1.62. The molecule has 0 saturated carbocycles. The molecule has 5 aromatic rings. The summed E-state index contributed by atoms with van der Waals surface area (Å²) in [6.45, 7) is -0.166. The second-order valence-corrected chi connectivity index (χ2v) is 9.31. The van der Waals surface area contributed by atoms with Crippen molar-refractivity contribution in [2.75, 3.05) is 12.4 Å². The predicted octanol–water partition coefficient (Wildman–Crippen LogP) is 3.03. The van der Waals surface area contributed by atoms with Crippen molar-refractivity contribution < 1.29 is 23.5 Å². The van der Waals surface area contributed by atoms with Gasteiger partial charge in [-0.15, -0.1) is 0 Å². The third-order valence-corrected chi connectivity index (χ3v) is 6.56. The Bertz CT molecular complexity index is 1890. The lowest BCUT2D eigenvalue weighted by Gasteiger charge is -2.15. The number of carbonyl (C=O) groups excluding carboxylic acids is 3. The first-order valence-corrected chi connectivity index (χ1v) is 13.0. The van der Waals surface area contributed by atoms with E-state index in [1.165, 1.54) is 24.0 Å². The zero-order chi connectivity index (χ0) is 29.6. The molecule has 42 heavy (non-hydrogen) atoms. The van der Waals surface area contributed by atoms with Crippen LogP contribution in [0.4, 0.5) is 5.69 Å². The summed E-state index contributed by atoms with van der Waals surface area (Å²) in [6, 6.07) is 22.8. The van der Waals surface area contributed by atoms with E-state index in [9.17, 15) is 24.0 Å². The fourth-order valence-corrected chi connectivity index (χ4v) is 4.52. The summed E-state index contributed by atoms with van der Waals surface area (Å²) < 4.78 is 12.2. The minimum absolute atomic E-state index is 0.0884. The Balaban J connectivity index is 1.42. The molecule has 2 heterocycles. The van der Waals surface area contributed by atoms with Crippen LogP contribution in [0.2, 0.25) is 0 Å². The summed E-state index contributed by atoms with van der Waals surface area (Å²) in [5, 5.41) is 5.66. The van der Waals surface area contributed by atoms with Crippen molar-refractivity contribution >= 4 is 34.4 Å². The maximum absolute atomic E-state index is 13.7. The minimum atomic E-state index is -0.723. The van der Waals surface area contributed by atoms with Gasteiger partial charge in [0.1, 0.15) is 12.3 Å². The van der Waals surface area contributed by atoms with Crippen LogP contribution in [0.25, 0.3) is 16.6 Å². The van der Waals surface area contributed by atoms with Crippen LogP contribution in [0.15, 0.2) is 105 Å². The number of nitrogens with one attached hydrogen (secondary N) is 2. The van der Waals surface area contributed by atoms with Gasteiger partial charge in [-0.05, 0) is 54.1 Å². The fourth-order valence-electron chi connectivity index (χ4n) is 4.52. The molecule has 2 N–H and O–H groups in total. The molecule has 2 amide bonds. The summed E-state index contributed by atoms with van der Waals surface area (Å²) in [5.41, 5.74) is 0.347. The number of ether oxygens (including phenoxy) is 1. The molecule has 5 rings (SSSR count). The number of methoxy groups -OCH3 is 1. The zero-order valence-corrected chi connectivity index (χ0v) is 22.5. The van der Waals surface area contributed by atoms with Gasteiger partial charge >= 0.3 is 11.7 Å². The van der Waals surface area contributed by atoms with Crippen LogP contribution in [0.5, 0.6) is 0 Å². The number of hydrogen-bond acceptors (Lipinski definition) is 7. The number of aromatic nitrogens is 2. The Labute approximate surface area is 239 Å². The Hall–Kier alpha value is -5.71. The predicted molar refractivity (Wildman–Crippen MR) is 154 cm³/mol. The van der Waals surface area contributed by atoms with E-state index in [1.807, 2.05) is 0 Å². The molecule has 0 radical (unpaired) electrons. The Morgan fingerprint density at radius 3 is 2.33 bits per heavy atom. The zero-order valence-electron chi connectivity index (χ0n) is 22.5. The van der Waals surface area contributed by atoms with Gasteiger partial charge in [0, 0.05) is 0 Å². The Morgan fingerprint density at radius 2 is 1.60 bits per heavy atom. The topological polar surface area (TPSA) is 142 Å². The molecule has 11 heteroatoms. The lowest BCUT2D eigenvalue weighted by molar-refractivity contribution is -0.120. The second-order valence-electron chi connectivity index (χ2n) is 9.31. The summed E-state index contributed by atoms with van der Waals surface area (Å²) >= 11 is 0. The number of nitrogens with zero attached hydrogens (tertiary/aromatic N) is 2. The highest BCUT2D eigenvalue weighted by Gasteiger charge is 2.18. The van der Waals surface area contributed by atoms with Gasteiger partial charge in [-0.25, -0.2) is 14.2 Å². The first-order valence-electron chi connectivity index (χ1n) is 13.0. The molecule has 0 spiro atoms. The molecule has 0 aliphatic carbocycles. The van der Waals surface area contributed by atoms with Crippen LogP contribution >= 0.6 is 0 Å².